The molecule has 3 rings (SSSR count). The first-order valence-electron chi connectivity index (χ1n) is 10.7. The van der Waals surface area contributed by atoms with E-state index in [0.29, 0.717) is 6.54 Å². The van der Waals surface area contributed by atoms with Gasteiger partial charge in [0.2, 0.25) is 6.23 Å². The van der Waals surface area contributed by atoms with Gasteiger partial charge in [-0.2, -0.15) is 0 Å². The maximum Gasteiger partial charge on any atom is 0.350 e. The summed E-state index contributed by atoms with van der Waals surface area (Å²) in [5, 5.41) is 0. The molecule has 0 N–H and O–H groups in total. The van der Waals surface area contributed by atoms with E-state index in [0.717, 1.165) is 34.2 Å². The Hall–Kier alpha value is -2.96. The number of carbonyl (C=O) groups is 2. The van der Waals surface area contributed by atoms with Gasteiger partial charge in [0.05, 0.1) is 20.3 Å². The molecule has 0 spiro atoms. The molecule has 0 bridgehead atoms. The Kier molecular flexibility index (Phi) is 7.83. The molecule has 0 aromatic heterocycles. The maximum atomic E-state index is 12.4. The Morgan fingerprint density at radius 2 is 1.88 bits per heavy atom. The van der Waals surface area contributed by atoms with Crippen LogP contribution in [0.3, 0.4) is 0 Å². The van der Waals surface area contributed by atoms with Crippen LogP contribution in [0.25, 0.3) is 5.57 Å². The van der Waals surface area contributed by atoms with E-state index in [4.69, 9.17) is 14.2 Å². The van der Waals surface area contributed by atoms with Crippen molar-refractivity contribution in [2.45, 2.75) is 45.6 Å². The minimum atomic E-state index is -0.731. The third-order valence-electron chi connectivity index (χ3n) is 5.83. The van der Waals surface area contributed by atoms with Gasteiger partial charge in [-0.15, -0.1) is 0 Å². The van der Waals surface area contributed by atoms with E-state index in [9.17, 15) is 9.59 Å². The second-order valence-electron chi connectivity index (χ2n) is 8.21. The van der Waals surface area contributed by atoms with Crippen LogP contribution in [0.2, 0.25) is 0 Å². The molecule has 1 heterocycles. The number of methoxy groups -OCH3 is 2. The molecule has 3 atom stereocenters. The zero-order chi connectivity index (χ0) is 23.3. The predicted octanol–water partition coefficient (Wildman–Crippen LogP) is 4.07. The molecule has 2 aromatic rings. The Labute approximate surface area is 189 Å². The summed E-state index contributed by atoms with van der Waals surface area (Å²) in [6.07, 6.45) is 1.31. The number of allylic oxidation sites excluding steroid dienone is 1. The van der Waals surface area contributed by atoms with E-state index >= 15 is 0 Å². The van der Waals surface area contributed by atoms with E-state index in [2.05, 4.69) is 17.9 Å². The van der Waals surface area contributed by atoms with E-state index in [-0.39, 0.29) is 24.1 Å². The van der Waals surface area contributed by atoms with Gasteiger partial charge in [-0.05, 0) is 49.5 Å². The van der Waals surface area contributed by atoms with Gasteiger partial charge >= 0.3 is 11.9 Å². The van der Waals surface area contributed by atoms with Crippen LogP contribution in [-0.2, 0) is 30.2 Å². The van der Waals surface area contributed by atoms with Crippen LogP contribution in [0.4, 0.5) is 0 Å². The third kappa shape index (κ3) is 5.64. The van der Waals surface area contributed by atoms with Crippen LogP contribution < -0.4 is 0 Å². The van der Waals surface area contributed by atoms with Crippen LogP contribution in [0.1, 0.15) is 42.2 Å². The third-order valence-corrected chi connectivity index (χ3v) is 5.83. The number of esters is 2. The number of hydrogen-bond acceptors (Lipinski definition) is 6. The molecule has 0 amide bonds. The van der Waals surface area contributed by atoms with Gasteiger partial charge < -0.3 is 14.2 Å². The molecule has 2 aromatic carbocycles. The van der Waals surface area contributed by atoms with Gasteiger partial charge in [-0.25, -0.2) is 9.59 Å². The topological polar surface area (TPSA) is 65.1 Å². The maximum absolute atomic E-state index is 12.4. The molecule has 170 valence electrons. The van der Waals surface area contributed by atoms with Crippen molar-refractivity contribution in [1.29, 1.82) is 0 Å². The molecule has 1 aliphatic heterocycles. The molecule has 1 fully saturated rings. The molecular weight excluding hydrogens is 406 g/mol. The fourth-order valence-electron chi connectivity index (χ4n) is 4.00. The average Bonchev–Trinajstić information content (AvgIpc) is 3.24. The number of aryl methyl sites for hydroxylation is 1. The number of rotatable bonds is 7. The number of benzene rings is 2. The van der Waals surface area contributed by atoms with Gasteiger partial charge in [-0.3, -0.25) is 4.90 Å². The minimum absolute atomic E-state index is 0.0615. The highest BCUT2D eigenvalue weighted by atomic mass is 16.6. The Bertz CT molecular complexity index is 982. The van der Waals surface area contributed by atoms with Crippen molar-refractivity contribution in [3.8, 4) is 0 Å². The standard InChI is InChI=1S/C26H31NO5/c1-17-7-6-8-22(13-17)23-16-27(25(32-23)26(29)31-5)19(3)15-20-9-11-21(12-10-20)18(2)14-24(28)30-4/h6-14,19,23,25H,15-16H2,1-5H3/b18-14+/t19-,23?,25?/m1/s1. The molecule has 6 heteroatoms. The Morgan fingerprint density at radius 3 is 2.50 bits per heavy atom. The van der Waals surface area contributed by atoms with Crippen molar-refractivity contribution in [2.24, 2.45) is 0 Å². The van der Waals surface area contributed by atoms with E-state index < -0.39 is 6.23 Å². The summed E-state index contributed by atoms with van der Waals surface area (Å²) in [6.45, 7) is 6.63. The van der Waals surface area contributed by atoms with Gasteiger partial charge in [-0.1, -0.05) is 54.1 Å². The summed E-state index contributed by atoms with van der Waals surface area (Å²) >= 11 is 0. The normalized spacial score (nSPS) is 20.1. The highest BCUT2D eigenvalue weighted by molar-refractivity contribution is 5.90. The average molecular weight is 438 g/mol. The molecule has 1 aliphatic rings. The fraction of sp³-hybridized carbons (Fsp3) is 0.385. The Morgan fingerprint density at radius 1 is 1.16 bits per heavy atom. The summed E-state index contributed by atoms with van der Waals surface area (Å²) < 4.78 is 15.8. The Balaban J connectivity index is 1.73. The highest BCUT2D eigenvalue weighted by Crippen LogP contribution is 2.32. The lowest BCUT2D eigenvalue weighted by Crippen LogP contribution is -2.44. The van der Waals surface area contributed by atoms with Gasteiger partial charge in [0.1, 0.15) is 0 Å². The highest BCUT2D eigenvalue weighted by Gasteiger charge is 2.41. The van der Waals surface area contributed by atoms with Crippen LogP contribution in [0, 0.1) is 6.92 Å². The molecule has 0 aliphatic carbocycles. The fourth-order valence-corrected chi connectivity index (χ4v) is 4.00. The molecule has 0 radical (unpaired) electrons. The predicted molar refractivity (Wildman–Crippen MR) is 123 cm³/mol. The zero-order valence-corrected chi connectivity index (χ0v) is 19.3. The lowest BCUT2D eigenvalue weighted by Gasteiger charge is -2.27. The summed E-state index contributed by atoms with van der Waals surface area (Å²) in [4.78, 5) is 25.9. The van der Waals surface area contributed by atoms with Crippen molar-refractivity contribution in [2.75, 3.05) is 20.8 Å². The lowest BCUT2D eigenvalue weighted by molar-refractivity contribution is -0.162. The van der Waals surface area contributed by atoms with Crippen LogP contribution in [0.5, 0.6) is 0 Å². The first-order chi connectivity index (χ1) is 15.3. The molecule has 0 saturated carbocycles. The van der Waals surface area contributed by atoms with Gasteiger partial charge in [0, 0.05) is 18.7 Å². The zero-order valence-electron chi connectivity index (χ0n) is 19.3. The number of carbonyl (C=O) groups excluding carboxylic acids is 2. The van der Waals surface area contributed by atoms with Crippen molar-refractivity contribution >= 4 is 17.5 Å². The van der Waals surface area contributed by atoms with Crippen LogP contribution >= 0.6 is 0 Å². The largest absolute Gasteiger partial charge is 0.466 e. The summed E-state index contributed by atoms with van der Waals surface area (Å²) in [5.74, 6) is -0.753. The van der Waals surface area contributed by atoms with Crippen molar-refractivity contribution in [3.63, 3.8) is 0 Å². The molecule has 1 saturated heterocycles. The summed E-state index contributed by atoms with van der Waals surface area (Å²) in [5.41, 5.74) is 5.16. The van der Waals surface area contributed by atoms with Crippen molar-refractivity contribution < 1.29 is 23.8 Å². The lowest BCUT2D eigenvalue weighted by atomic mass is 10.0. The first-order valence-corrected chi connectivity index (χ1v) is 10.7. The number of nitrogens with zero attached hydrogens (tertiary/aromatic N) is 1. The minimum Gasteiger partial charge on any atom is -0.466 e. The van der Waals surface area contributed by atoms with E-state index in [1.807, 2.05) is 56.3 Å². The first kappa shape index (κ1) is 23.7. The van der Waals surface area contributed by atoms with Crippen LogP contribution in [-0.4, -0.2) is 49.9 Å². The van der Waals surface area contributed by atoms with Gasteiger partial charge in [0.15, 0.2) is 0 Å². The quantitative estimate of drug-likeness (QED) is 0.481. The SMILES string of the molecule is COC(=O)/C=C(\C)c1ccc(C[C@@H](C)N2CC(c3cccc(C)c3)OC2C(=O)OC)cc1. The summed E-state index contributed by atoms with van der Waals surface area (Å²) in [7, 11) is 2.75. The number of hydrogen-bond donors (Lipinski definition) is 0. The second kappa shape index (κ2) is 10.6. The smallest absolute Gasteiger partial charge is 0.350 e. The van der Waals surface area contributed by atoms with Crippen molar-refractivity contribution in [1.82, 2.24) is 4.90 Å². The molecular formula is C26H31NO5. The van der Waals surface area contributed by atoms with E-state index in [1.54, 1.807) is 0 Å². The molecule has 32 heavy (non-hydrogen) atoms. The molecule has 6 nitrogen and oxygen atoms in total. The van der Waals surface area contributed by atoms with Crippen molar-refractivity contribution in [3.05, 3.63) is 76.9 Å². The number of ether oxygens (including phenoxy) is 3. The van der Waals surface area contributed by atoms with E-state index in [1.165, 1.54) is 20.3 Å². The van der Waals surface area contributed by atoms with Crippen LogP contribution in [0.15, 0.2) is 54.6 Å². The summed E-state index contributed by atoms with van der Waals surface area (Å²) in [6, 6.07) is 16.3. The second-order valence-corrected chi connectivity index (χ2v) is 8.21. The molecule has 2 unspecified atom stereocenters. The monoisotopic (exact) mass is 437 g/mol. The van der Waals surface area contributed by atoms with Gasteiger partial charge in [0.25, 0.3) is 0 Å².